The molecule has 1 aromatic carbocycles. The van der Waals surface area contributed by atoms with Crippen molar-refractivity contribution in [3.63, 3.8) is 0 Å². The fourth-order valence-corrected chi connectivity index (χ4v) is 4.18. The number of aromatic nitrogens is 5. The van der Waals surface area contributed by atoms with Crippen LogP contribution in [0.1, 0.15) is 17.0 Å². The number of aryl methyl sites for hydroxylation is 2. The largest absolute Gasteiger partial charge is 0.395 e. The lowest BCUT2D eigenvalue weighted by atomic mass is 10.2. The maximum Gasteiger partial charge on any atom is 0.332 e. The zero-order valence-electron chi connectivity index (χ0n) is 16.1. The van der Waals surface area contributed by atoms with Crippen LogP contribution in [0.5, 0.6) is 0 Å². The van der Waals surface area contributed by atoms with Crippen LogP contribution in [0.4, 0.5) is 0 Å². The van der Waals surface area contributed by atoms with E-state index in [0.29, 0.717) is 33.4 Å². The summed E-state index contributed by atoms with van der Waals surface area (Å²) in [6.07, 6.45) is 0. The van der Waals surface area contributed by atoms with Crippen molar-refractivity contribution in [1.29, 1.82) is 0 Å². The number of aliphatic hydroxyl groups excluding tert-OH is 1. The van der Waals surface area contributed by atoms with E-state index < -0.39 is 11.2 Å². The molecule has 0 aliphatic carbocycles. The number of halogens is 2. The van der Waals surface area contributed by atoms with Crippen LogP contribution >= 0.6 is 23.2 Å². The molecule has 0 aliphatic rings. The zero-order chi connectivity index (χ0) is 21.0. The van der Waals surface area contributed by atoms with E-state index in [4.69, 9.17) is 23.2 Å². The van der Waals surface area contributed by atoms with E-state index in [1.54, 1.807) is 29.6 Å². The van der Waals surface area contributed by atoms with Gasteiger partial charge in [0, 0.05) is 40.6 Å². The van der Waals surface area contributed by atoms with Gasteiger partial charge in [-0.15, -0.1) is 0 Å². The zero-order valence-corrected chi connectivity index (χ0v) is 17.6. The molecule has 3 heterocycles. The molecule has 152 valence electrons. The van der Waals surface area contributed by atoms with Crippen LogP contribution in [0, 0.1) is 13.8 Å². The van der Waals surface area contributed by atoms with E-state index in [1.807, 2.05) is 18.4 Å². The molecule has 0 radical (unpaired) electrons. The van der Waals surface area contributed by atoms with Crippen molar-refractivity contribution < 1.29 is 5.11 Å². The number of hydrogen-bond donors (Lipinski definition) is 1. The summed E-state index contributed by atoms with van der Waals surface area (Å²) in [6, 6.07) is 5.03. The molecule has 0 atom stereocenters. The van der Waals surface area contributed by atoms with Crippen LogP contribution in [0.3, 0.4) is 0 Å². The fraction of sp³-hybridized carbons (Fsp3) is 0.316. The molecule has 0 saturated carbocycles. The Labute approximate surface area is 175 Å². The first-order valence-electron chi connectivity index (χ1n) is 8.99. The van der Waals surface area contributed by atoms with Crippen molar-refractivity contribution in [2.24, 2.45) is 7.05 Å². The minimum absolute atomic E-state index is 0.0530. The number of rotatable bonds is 4. The summed E-state index contributed by atoms with van der Waals surface area (Å²) in [7, 11) is 1.57. The highest BCUT2D eigenvalue weighted by Crippen LogP contribution is 2.25. The van der Waals surface area contributed by atoms with Gasteiger partial charge in [-0.2, -0.15) is 4.98 Å². The van der Waals surface area contributed by atoms with E-state index in [0.717, 1.165) is 16.0 Å². The van der Waals surface area contributed by atoms with Crippen molar-refractivity contribution in [3.8, 4) is 0 Å². The summed E-state index contributed by atoms with van der Waals surface area (Å²) in [5.41, 5.74) is 1.79. The van der Waals surface area contributed by atoms with Crippen LogP contribution in [-0.2, 0) is 20.1 Å². The quantitative estimate of drug-likeness (QED) is 0.531. The van der Waals surface area contributed by atoms with Crippen molar-refractivity contribution >= 4 is 40.1 Å². The first-order chi connectivity index (χ1) is 13.8. The number of aliphatic hydroxyl groups is 1. The molecule has 0 aliphatic heterocycles. The van der Waals surface area contributed by atoms with Crippen molar-refractivity contribution in [2.45, 2.75) is 26.9 Å². The highest BCUT2D eigenvalue weighted by Gasteiger charge is 2.23. The normalized spacial score (nSPS) is 11.8. The lowest BCUT2D eigenvalue weighted by Gasteiger charge is -2.11. The maximum atomic E-state index is 13.4. The lowest BCUT2D eigenvalue weighted by molar-refractivity contribution is 0.276. The number of imidazole rings is 2. The Morgan fingerprint density at radius 2 is 1.72 bits per heavy atom. The highest BCUT2D eigenvalue weighted by molar-refractivity contribution is 6.35. The van der Waals surface area contributed by atoms with Gasteiger partial charge in [0.2, 0.25) is 5.78 Å². The smallest absolute Gasteiger partial charge is 0.332 e. The second kappa shape index (κ2) is 7.05. The van der Waals surface area contributed by atoms with Gasteiger partial charge in [0.1, 0.15) is 0 Å². The van der Waals surface area contributed by atoms with Gasteiger partial charge in [-0.05, 0) is 26.0 Å². The van der Waals surface area contributed by atoms with Crippen molar-refractivity contribution in [3.05, 3.63) is 66.0 Å². The number of nitrogens with zero attached hydrogens (tertiary/aromatic N) is 5. The molecule has 0 fully saturated rings. The third kappa shape index (κ3) is 2.82. The van der Waals surface area contributed by atoms with Gasteiger partial charge >= 0.3 is 5.69 Å². The summed E-state index contributed by atoms with van der Waals surface area (Å²) >= 11 is 12.5. The molecule has 8 nitrogen and oxygen atoms in total. The SMILES string of the molecule is Cc1c(C)n2c3c(=O)n(Cc4c(Cl)cccc4Cl)c(=O)n(C)c3nc2n1CCO. The van der Waals surface area contributed by atoms with E-state index in [1.165, 1.54) is 4.57 Å². The average Bonchev–Trinajstić information content (AvgIpc) is 3.18. The van der Waals surface area contributed by atoms with Gasteiger partial charge in [-0.3, -0.25) is 18.3 Å². The molecule has 0 bridgehead atoms. The second-order valence-electron chi connectivity index (χ2n) is 6.90. The van der Waals surface area contributed by atoms with E-state index in [2.05, 4.69) is 4.98 Å². The van der Waals surface area contributed by atoms with Crippen LogP contribution in [0.25, 0.3) is 16.9 Å². The lowest BCUT2D eigenvalue weighted by Crippen LogP contribution is -2.39. The van der Waals surface area contributed by atoms with Crippen LogP contribution in [0.15, 0.2) is 27.8 Å². The van der Waals surface area contributed by atoms with Gasteiger partial charge in [-0.1, -0.05) is 29.3 Å². The molecule has 0 saturated heterocycles. The van der Waals surface area contributed by atoms with Gasteiger partial charge in [0.05, 0.1) is 13.2 Å². The van der Waals surface area contributed by atoms with Gasteiger partial charge in [-0.25, -0.2) is 4.79 Å². The molecule has 3 aromatic heterocycles. The van der Waals surface area contributed by atoms with E-state index in [9.17, 15) is 14.7 Å². The summed E-state index contributed by atoms with van der Waals surface area (Å²) in [5.74, 6) is 0.504. The van der Waals surface area contributed by atoms with Crippen LogP contribution in [-0.4, -0.2) is 34.8 Å². The maximum absolute atomic E-state index is 13.4. The Kier molecular flexibility index (Phi) is 4.80. The first-order valence-corrected chi connectivity index (χ1v) is 9.75. The van der Waals surface area contributed by atoms with Crippen molar-refractivity contribution in [2.75, 3.05) is 6.61 Å². The molecule has 0 amide bonds. The standard InChI is InChI=1S/C19H19Cl2N5O3/c1-10-11(2)26-15-16(22-18(26)24(10)7-8-27)23(3)19(29)25(17(15)28)9-12-13(20)5-4-6-14(12)21/h4-6,27H,7-9H2,1-3H3. The predicted octanol–water partition coefficient (Wildman–Crippen LogP) is 2.11. The monoisotopic (exact) mass is 435 g/mol. The van der Waals surface area contributed by atoms with Gasteiger partial charge in [0.15, 0.2) is 11.2 Å². The summed E-state index contributed by atoms with van der Waals surface area (Å²) in [6.45, 7) is 3.99. The predicted molar refractivity (Wildman–Crippen MR) is 112 cm³/mol. The molecule has 29 heavy (non-hydrogen) atoms. The molecule has 10 heteroatoms. The Hall–Kier alpha value is -2.55. The minimum atomic E-state index is -0.512. The Balaban J connectivity index is 2.08. The van der Waals surface area contributed by atoms with Gasteiger partial charge in [0.25, 0.3) is 5.56 Å². The van der Waals surface area contributed by atoms with Crippen molar-refractivity contribution in [1.82, 2.24) is 23.1 Å². The van der Waals surface area contributed by atoms with Crippen LogP contribution in [0.2, 0.25) is 10.0 Å². The minimum Gasteiger partial charge on any atom is -0.395 e. The molecule has 4 aromatic rings. The molecule has 0 spiro atoms. The Morgan fingerprint density at radius 3 is 2.34 bits per heavy atom. The molecular weight excluding hydrogens is 417 g/mol. The highest BCUT2D eigenvalue weighted by atomic mass is 35.5. The van der Waals surface area contributed by atoms with Crippen LogP contribution < -0.4 is 11.2 Å². The van der Waals surface area contributed by atoms with E-state index >= 15 is 0 Å². The van der Waals surface area contributed by atoms with Gasteiger partial charge < -0.3 is 9.67 Å². The fourth-order valence-electron chi connectivity index (χ4n) is 3.66. The first kappa shape index (κ1) is 19.8. The third-order valence-electron chi connectivity index (χ3n) is 5.33. The number of hydrogen-bond acceptors (Lipinski definition) is 4. The van der Waals surface area contributed by atoms with E-state index in [-0.39, 0.29) is 18.8 Å². The Bertz CT molecular complexity index is 1370. The molecule has 4 rings (SSSR count). The Morgan fingerprint density at radius 1 is 1.07 bits per heavy atom. The second-order valence-corrected chi connectivity index (χ2v) is 7.71. The molecule has 0 unspecified atom stereocenters. The molecule has 1 N–H and O–H groups in total. The summed E-state index contributed by atoms with van der Waals surface area (Å²) in [5, 5.41) is 10.2. The number of benzene rings is 1. The topological polar surface area (TPSA) is 86.5 Å². The molecular formula is C19H19Cl2N5O3. The third-order valence-corrected chi connectivity index (χ3v) is 6.04. The number of fused-ring (bicyclic) bond motifs is 3. The summed E-state index contributed by atoms with van der Waals surface area (Å²) in [4.78, 5) is 30.8. The summed E-state index contributed by atoms with van der Waals surface area (Å²) < 4.78 is 6.01. The average molecular weight is 436 g/mol.